The second-order valence-electron chi connectivity index (χ2n) is 4.10. The normalized spacial score (nSPS) is 9.67. The number of para-hydroxylation sites is 1. The summed E-state index contributed by atoms with van der Waals surface area (Å²) in [7, 11) is 0. The van der Waals surface area contributed by atoms with Gasteiger partial charge in [-0.25, -0.2) is 9.97 Å². The number of hydrogen-bond donors (Lipinski definition) is 0. The van der Waals surface area contributed by atoms with E-state index in [1.807, 2.05) is 55.2 Å². The van der Waals surface area contributed by atoms with Crippen molar-refractivity contribution in [1.82, 2.24) is 9.97 Å². The molecule has 0 saturated carbocycles. The van der Waals surface area contributed by atoms with Crippen molar-refractivity contribution in [2.45, 2.75) is 20.8 Å². The first-order valence-electron chi connectivity index (χ1n) is 6.91. The molecule has 0 N–H and O–H groups in total. The number of thiazole rings is 2. The smallest absolute Gasteiger partial charge is 0.0814 e. The molecule has 4 rings (SSSR count). The van der Waals surface area contributed by atoms with Crippen molar-refractivity contribution in [3.63, 3.8) is 0 Å². The lowest BCUT2D eigenvalue weighted by Crippen LogP contribution is -1.70. The number of benzene rings is 2. The summed E-state index contributed by atoms with van der Waals surface area (Å²) in [5, 5.41) is 0. The Kier molecular flexibility index (Phi) is 5.84. The average molecular weight is 314 g/mol. The highest BCUT2D eigenvalue weighted by molar-refractivity contribution is 7.17. The first-order chi connectivity index (χ1) is 10.3. The minimum atomic E-state index is 1.10. The van der Waals surface area contributed by atoms with Crippen molar-refractivity contribution in [3.05, 3.63) is 59.0 Å². The lowest BCUT2D eigenvalue weighted by Gasteiger charge is -1.90. The van der Waals surface area contributed by atoms with Crippen LogP contribution in [0.25, 0.3) is 20.4 Å². The van der Waals surface area contributed by atoms with Crippen LogP contribution in [-0.2, 0) is 0 Å². The van der Waals surface area contributed by atoms with E-state index in [2.05, 4.69) is 29.0 Å². The van der Waals surface area contributed by atoms with Crippen LogP contribution in [0.2, 0.25) is 0 Å². The Balaban J connectivity index is 0.000000138. The molecule has 2 heterocycles. The van der Waals surface area contributed by atoms with Crippen molar-refractivity contribution in [3.8, 4) is 0 Å². The Bertz CT molecular complexity index is 772. The molecule has 0 bridgehead atoms. The van der Waals surface area contributed by atoms with Gasteiger partial charge in [0.1, 0.15) is 0 Å². The molecule has 108 valence electrons. The van der Waals surface area contributed by atoms with Crippen LogP contribution in [-0.4, -0.2) is 9.97 Å². The summed E-state index contributed by atoms with van der Waals surface area (Å²) in [6, 6.07) is 14.3. The van der Waals surface area contributed by atoms with Gasteiger partial charge in [-0.15, -0.1) is 22.7 Å². The highest BCUT2D eigenvalue weighted by Gasteiger charge is 1.96. The molecule has 0 aliphatic heterocycles. The average Bonchev–Trinajstić information content (AvgIpc) is 3.19. The number of aromatic nitrogens is 2. The van der Waals surface area contributed by atoms with Crippen molar-refractivity contribution in [2.75, 3.05) is 0 Å². The fourth-order valence-corrected chi connectivity index (χ4v) is 3.28. The van der Waals surface area contributed by atoms with Crippen LogP contribution < -0.4 is 0 Å². The summed E-state index contributed by atoms with van der Waals surface area (Å²) < 4.78 is 2.57. The first kappa shape index (κ1) is 15.6. The number of fused-ring (bicyclic) bond motifs is 2. The third-order valence-corrected chi connectivity index (χ3v) is 4.58. The Hall–Kier alpha value is -1.78. The zero-order valence-corrected chi connectivity index (χ0v) is 14.0. The summed E-state index contributed by atoms with van der Waals surface area (Å²) in [6.07, 6.45) is 0. The third kappa shape index (κ3) is 3.86. The van der Waals surface area contributed by atoms with Gasteiger partial charge in [0, 0.05) is 0 Å². The van der Waals surface area contributed by atoms with Crippen LogP contribution >= 0.6 is 22.7 Å². The molecule has 2 aromatic carbocycles. The molecule has 0 radical (unpaired) electrons. The summed E-state index contributed by atoms with van der Waals surface area (Å²) in [5.74, 6) is 0. The molecular formula is C17H18N2S2. The Labute approximate surface area is 133 Å². The minimum Gasteiger partial charge on any atom is -0.245 e. The molecule has 2 aromatic heterocycles. The number of hydrogen-bond acceptors (Lipinski definition) is 4. The first-order valence-corrected chi connectivity index (χ1v) is 8.67. The van der Waals surface area contributed by atoms with Crippen LogP contribution in [0.5, 0.6) is 0 Å². The van der Waals surface area contributed by atoms with Gasteiger partial charge in [-0.05, 0) is 30.7 Å². The highest BCUT2D eigenvalue weighted by atomic mass is 32.1. The van der Waals surface area contributed by atoms with E-state index in [1.54, 1.807) is 22.7 Å². The van der Waals surface area contributed by atoms with E-state index < -0.39 is 0 Å². The van der Waals surface area contributed by atoms with E-state index in [-0.39, 0.29) is 0 Å². The topological polar surface area (TPSA) is 25.8 Å². The van der Waals surface area contributed by atoms with E-state index in [0.29, 0.717) is 0 Å². The summed E-state index contributed by atoms with van der Waals surface area (Å²) in [4.78, 5) is 8.34. The van der Waals surface area contributed by atoms with Gasteiger partial charge in [0.2, 0.25) is 0 Å². The maximum Gasteiger partial charge on any atom is 0.0814 e. The van der Waals surface area contributed by atoms with Crippen molar-refractivity contribution >= 4 is 43.1 Å². The van der Waals surface area contributed by atoms with Gasteiger partial charge in [0.25, 0.3) is 0 Å². The molecule has 2 nitrogen and oxygen atoms in total. The Morgan fingerprint density at radius 2 is 1.43 bits per heavy atom. The lowest BCUT2D eigenvalue weighted by molar-refractivity contribution is 1.48. The molecule has 0 fully saturated rings. The highest BCUT2D eigenvalue weighted by Crippen LogP contribution is 2.20. The number of rotatable bonds is 0. The van der Waals surface area contributed by atoms with Crippen LogP contribution in [0.3, 0.4) is 0 Å². The molecule has 0 saturated heterocycles. The molecule has 0 unspecified atom stereocenters. The molecule has 0 aliphatic carbocycles. The monoisotopic (exact) mass is 314 g/mol. The largest absolute Gasteiger partial charge is 0.245 e. The predicted octanol–water partition coefficient (Wildman–Crippen LogP) is 5.93. The van der Waals surface area contributed by atoms with Crippen molar-refractivity contribution in [2.24, 2.45) is 0 Å². The fourth-order valence-electron chi connectivity index (χ4n) is 1.83. The quantitative estimate of drug-likeness (QED) is 0.402. The second-order valence-corrected chi connectivity index (χ2v) is 5.84. The third-order valence-electron chi connectivity index (χ3n) is 2.79. The van der Waals surface area contributed by atoms with Gasteiger partial charge < -0.3 is 0 Å². The molecule has 4 aromatic rings. The lowest BCUT2D eigenvalue weighted by atomic mass is 10.2. The van der Waals surface area contributed by atoms with Crippen LogP contribution in [0.15, 0.2) is 53.5 Å². The van der Waals surface area contributed by atoms with E-state index in [9.17, 15) is 0 Å². The van der Waals surface area contributed by atoms with E-state index in [0.717, 1.165) is 11.0 Å². The van der Waals surface area contributed by atoms with Crippen LogP contribution in [0, 0.1) is 6.92 Å². The number of aryl methyl sites for hydroxylation is 1. The maximum atomic E-state index is 4.20. The molecule has 4 heteroatoms. The predicted molar refractivity (Wildman–Crippen MR) is 95.3 cm³/mol. The molecule has 0 spiro atoms. The molecule has 0 amide bonds. The maximum absolute atomic E-state index is 4.20. The van der Waals surface area contributed by atoms with E-state index in [4.69, 9.17) is 0 Å². The second kappa shape index (κ2) is 7.86. The number of nitrogens with zero attached hydrogens (tertiary/aromatic N) is 2. The van der Waals surface area contributed by atoms with Gasteiger partial charge in [-0.1, -0.05) is 38.1 Å². The fraction of sp³-hybridized carbons (Fsp3) is 0.176. The molecular weight excluding hydrogens is 296 g/mol. The van der Waals surface area contributed by atoms with E-state index in [1.165, 1.54) is 15.0 Å². The van der Waals surface area contributed by atoms with Gasteiger partial charge in [-0.3, -0.25) is 0 Å². The summed E-state index contributed by atoms with van der Waals surface area (Å²) in [5.41, 5.74) is 7.29. The van der Waals surface area contributed by atoms with Crippen molar-refractivity contribution in [1.29, 1.82) is 0 Å². The minimum absolute atomic E-state index is 1.10. The SMILES string of the molecule is CC.Cc1cccc2ncsc12.c1ccc2scnc2c1. The van der Waals surface area contributed by atoms with E-state index >= 15 is 0 Å². The van der Waals surface area contributed by atoms with Gasteiger partial charge in [0.15, 0.2) is 0 Å². The molecule has 21 heavy (non-hydrogen) atoms. The Morgan fingerprint density at radius 3 is 2.19 bits per heavy atom. The summed E-state index contributed by atoms with van der Waals surface area (Å²) >= 11 is 3.38. The molecule has 0 aliphatic rings. The van der Waals surface area contributed by atoms with Gasteiger partial charge >= 0.3 is 0 Å². The standard InChI is InChI=1S/C8H7NS.C7H5NS.C2H6/c1-6-3-2-4-7-8(6)10-5-9-7;1-2-4-7-6(3-1)8-5-9-7;1-2/h2-5H,1H3;1-5H;1-2H3. The van der Waals surface area contributed by atoms with Gasteiger partial charge in [0.05, 0.1) is 31.5 Å². The van der Waals surface area contributed by atoms with Crippen LogP contribution in [0.4, 0.5) is 0 Å². The van der Waals surface area contributed by atoms with Crippen LogP contribution in [0.1, 0.15) is 19.4 Å². The zero-order valence-electron chi connectivity index (χ0n) is 12.4. The van der Waals surface area contributed by atoms with Gasteiger partial charge in [-0.2, -0.15) is 0 Å². The molecule has 0 atom stereocenters. The zero-order chi connectivity index (χ0) is 15.1. The summed E-state index contributed by atoms with van der Waals surface area (Å²) in [6.45, 7) is 6.11. The Morgan fingerprint density at radius 1 is 0.762 bits per heavy atom. The van der Waals surface area contributed by atoms with Crippen molar-refractivity contribution < 1.29 is 0 Å².